The molecule has 1 atom stereocenters. The summed E-state index contributed by atoms with van der Waals surface area (Å²) in [5, 5.41) is 22.5. The van der Waals surface area contributed by atoms with Crippen LogP contribution in [0.1, 0.15) is 36.7 Å². The standard InChI is InChI=1S/C16H19N3O5/c1-10(2)16(4,9-17)18-14(20)8-24-15(21)12-6-5-7-13(11(12)3)19(22)23/h5-7,10H,8H2,1-4H3,(H,18,20). The van der Waals surface area contributed by atoms with Gasteiger partial charge in [0, 0.05) is 11.6 Å². The van der Waals surface area contributed by atoms with Crippen LogP contribution >= 0.6 is 0 Å². The average molecular weight is 333 g/mol. The van der Waals surface area contributed by atoms with Crippen LogP contribution in [0, 0.1) is 34.3 Å². The van der Waals surface area contributed by atoms with E-state index in [0.29, 0.717) is 0 Å². The average Bonchev–Trinajstić information content (AvgIpc) is 2.52. The molecule has 128 valence electrons. The van der Waals surface area contributed by atoms with Crippen LogP contribution in [0.5, 0.6) is 0 Å². The topological polar surface area (TPSA) is 122 Å². The van der Waals surface area contributed by atoms with Crippen LogP contribution in [0.2, 0.25) is 0 Å². The number of nitriles is 1. The second-order valence-electron chi connectivity index (χ2n) is 5.80. The van der Waals surface area contributed by atoms with Crippen molar-refractivity contribution in [1.29, 1.82) is 5.26 Å². The lowest BCUT2D eigenvalue weighted by molar-refractivity contribution is -0.385. The molecule has 0 heterocycles. The predicted octanol–water partition coefficient (Wildman–Crippen LogP) is 2.11. The van der Waals surface area contributed by atoms with Gasteiger partial charge in [0.25, 0.3) is 11.6 Å². The molecule has 0 aliphatic carbocycles. The van der Waals surface area contributed by atoms with Crippen LogP contribution in [0.25, 0.3) is 0 Å². The largest absolute Gasteiger partial charge is 0.452 e. The van der Waals surface area contributed by atoms with Crippen molar-refractivity contribution in [2.75, 3.05) is 6.61 Å². The zero-order valence-electron chi connectivity index (χ0n) is 14.0. The van der Waals surface area contributed by atoms with Gasteiger partial charge in [0.05, 0.1) is 16.6 Å². The summed E-state index contributed by atoms with van der Waals surface area (Å²) in [7, 11) is 0. The van der Waals surface area contributed by atoms with Gasteiger partial charge in [0.15, 0.2) is 6.61 Å². The highest BCUT2D eigenvalue weighted by atomic mass is 16.6. The molecule has 0 radical (unpaired) electrons. The highest BCUT2D eigenvalue weighted by Crippen LogP contribution is 2.21. The molecule has 0 aliphatic rings. The summed E-state index contributed by atoms with van der Waals surface area (Å²) < 4.78 is 4.89. The normalized spacial score (nSPS) is 12.8. The maximum atomic E-state index is 12.0. The Morgan fingerprint density at radius 2 is 2.08 bits per heavy atom. The molecule has 1 N–H and O–H groups in total. The van der Waals surface area contributed by atoms with E-state index in [1.54, 1.807) is 20.8 Å². The molecule has 0 aliphatic heterocycles. The second kappa shape index (κ2) is 7.55. The minimum atomic E-state index is -1.08. The molecule has 24 heavy (non-hydrogen) atoms. The van der Waals surface area contributed by atoms with Gasteiger partial charge in [-0.1, -0.05) is 19.9 Å². The number of benzene rings is 1. The van der Waals surface area contributed by atoms with E-state index < -0.39 is 28.9 Å². The number of rotatable bonds is 6. The Kier molecular flexibility index (Phi) is 6.01. The van der Waals surface area contributed by atoms with E-state index in [-0.39, 0.29) is 22.7 Å². The third-order valence-corrected chi connectivity index (χ3v) is 3.84. The van der Waals surface area contributed by atoms with E-state index in [1.807, 2.05) is 6.07 Å². The zero-order chi connectivity index (χ0) is 18.5. The van der Waals surface area contributed by atoms with Gasteiger partial charge in [0.2, 0.25) is 0 Å². The first-order valence-electron chi connectivity index (χ1n) is 7.25. The number of nitro benzene ring substituents is 1. The molecule has 1 rings (SSSR count). The fourth-order valence-electron chi connectivity index (χ4n) is 1.88. The quantitative estimate of drug-likeness (QED) is 0.483. The first-order chi connectivity index (χ1) is 11.1. The van der Waals surface area contributed by atoms with Crippen molar-refractivity contribution in [2.45, 2.75) is 33.2 Å². The minimum absolute atomic E-state index is 0.0175. The van der Waals surface area contributed by atoms with E-state index in [0.717, 1.165) is 0 Å². The van der Waals surface area contributed by atoms with Crippen LogP contribution < -0.4 is 5.32 Å². The third-order valence-electron chi connectivity index (χ3n) is 3.84. The van der Waals surface area contributed by atoms with Gasteiger partial charge in [-0.15, -0.1) is 0 Å². The first kappa shape index (κ1) is 19.1. The molecule has 0 saturated carbocycles. The maximum absolute atomic E-state index is 12.0. The van der Waals surface area contributed by atoms with Gasteiger partial charge < -0.3 is 10.1 Å². The molecule has 8 heteroatoms. The van der Waals surface area contributed by atoms with Crippen LogP contribution in [0.15, 0.2) is 18.2 Å². The summed E-state index contributed by atoms with van der Waals surface area (Å²) in [6, 6.07) is 6.04. The summed E-state index contributed by atoms with van der Waals surface area (Å²) in [6.07, 6.45) is 0. The Morgan fingerprint density at radius 3 is 2.58 bits per heavy atom. The van der Waals surface area contributed by atoms with Crippen molar-refractivity contribution in [3.05, 3.63) is 39.4 Å². The van der Waals surface area contributed by atoms with Gasteiger partial charge in [0.1, 0.15) is 5.54 Å². The molecule has 0 aromatic heterocycles. The monoisotopic (exact) mass is 333 g/mol. The fourth-order valence-corrected chi connectivity index (χ4v) is 1.88. The number of hydrogen-bond acceptors (Lipinski definition) is 6. The smallest absolute Gasteiger partial charge is 0.339 e. The van der Waals surface area contributed by atoms with E-state index >= 15 is 0 Å². The van der Waals surface area contributed by atoms with Crippen LogP contribution in [-0.2, 0) is 9.53 Å². The van der Waals surface area contributed by atoms with Crippen molar-refractivity contribution in [2.24, 2.45) is 5.92 Å². The maximum Gasteiger partial charge on any atom is 0.339 e. The lowest BCUT2D eigenvalue weighted by Gasteiger charge is -2.27. The van der Waals surface area contributed by atoms with Gasteiger partial charge >= 0.3 is 5.97 Å². The highest BCUT2D eigenvalue weighted by molar-refractivity contribution is 5.93. The molecular formula is C16H19N3O5. The molecule has 1 aromatic rings. The molecule has 0 fully saturated rings. The SMILES string of the molecule is Cc1c(C(=O)OCC(=O)NC(C)(C#N)C(C)C)cccc1[N+](=O)[O-]. The van der Waals surface area contributed by atoms with E-state index in [9.17, 15) is 19.7 Å². The van der Waals surface area contributed by atoms with E-state index in [4.69, 9.17) is 10.00 Å². The Bertz CT molecular complexity index is 708. The minimum Gasteiger partial charge on any atom is -0.452 e. The molecule has 1 unspecified atom stereocenters. The number of nitro groups is 1. The molecule has 0 saturated heterocycles. The number of hydrogen-bond donors (Lipinski definition) is 1. The number of carbonyl (C=O) groups is 2. The van der Waals surface area contributed by atoms with E-state index in [2.05, 4.69) is 5.32 Å². The Hall–Kier alpha value is -2.95. The van der Waals surface area contributed by atoms with Gasteiger partial charge in [-0.25, -0.2) is 4.79 Å². The van der Waals surface area contributed by atoms with E-state index in [1.165, 1.54) is 25.1 Å². The third kappa shape index (κ3) is 4.29. The zero-order valence-corrected chi connectivity index (χ0v) is 14.0. The number of carbonyl (C=O) groups excluding carboxylic acids is 2. The number of ether oxygens (including phenoxy) is 1. The van der Waals surface area contributed by atoms with Gasteiger partial charge in [-0.05, 0) is 25.8 Å². The van der Waals surface area contributed by atoms with Crippen molar-refractivity contribution in [3.8, 4) is 6.07 Å². The van der Waals surface area contributed by atoms with Crippen molar-refractivity contribution < 1.29 is 19.2 Å². The number of esters is 1. The number of nitrogens with one attached hydrogen (secondary N) is 1. The summed E-state index contributed by atoms with van der Waals surface area (Å²) in [6.45, 7) is 5.98. The van der Waals surface area contributed by atoms with Crippen molar-refractivity contribution in [3.63, 3.8) is 0 Å². The molecule has 1 amide bonds. The van der Waals surface area contributed by atoms with Crippen molar-refractivity contribution >= 4 is 17.6 Å². The lowest BCUT2D eigenvalue weighted by Crippen LogP contribution is -2.50. The summed E-state index contributed by atoms with van der Waals surface area (Å²) in [5.41, 5.74) is -1.10. The molecule has 0 bridgehead atoms. The Balaban J connectivity index is 2.78. The Labute approximate surface area is 139 Å². The Morgan fingerprint density at radius 1 is 1.46 bits per heavy atom. The van der Waals surface area contributed by atoms with Crippen LogP contribution in [0.3, 0.4) is 0 Å². The lowest BCUT2D eigenvalue weighted by atomic mass is 9.90. The van der Waals surface area contributed by atoms with Gasteiger partial charge in [-0.2, -0.15) is 5.26 Å². The molecule has 0 spiro atoms. The molecule has 8 nitrogen and oxygen atoms in total. The predicted molar refractivity (Wildman–Crippen MR) is 85.1 cm³/mol. The molecular weight excluding hydrogens is 314 g/mol. The van der Waals surface area contributed by atoms with Crippen LogP contribution in [-0.4, -0.2) is 28.9 Å². The fraction of sp³-hybridized carbons (Fsp3) is 0.438. The molecule has 1 aromatic carbocycles. The summed E-state index contributed by atoms with van der Waals surface area (Å²) in [4.78, 5) is 34.2. The number of nitrogens with zero attached hydrogens (tertiary/aromatic N) is 2. The second-order valence-corrected chi connectivity index (χ2v) is 5.80. The van der Waals surface area contributed by atoms with Gasteiger partial charge in [-0.3, -0.25) is 14.9 Å². The highest BCUT2D eigenvalue weighted by Gasteiger charge is 2.30. The summed E-state index contributed by atoms with van der Waals surface area (Å²) >= 11 is 0. The summed E-state index contributed by atoms with van der Waals surface area (Å²) in [5.74, 6) is -1.60. The first-order valence-corrected chi connectivity index (χ1v) is 7.25. The number of amides is 1. The van der Waals surface area contributed by atoms with Crippen LogP contribution in [0.4, 0.5) is 5.69 Å². The van der Waals surface area contributed by atoms with Crippen molar-refractivity contribution in [1.82, 2.24) is 5.32 Å².